The highest BCUT2D eigenvalue weighted by Crippen LogP contribution is 2.18. The van der Waals surface area contributed by atoms with Crippen molar-refractivity contribution in [1.29, 1.82) is 0 Å². The molecule has 0 aromatic heterocycles. The second kappa shape index (κ2) is 5.81. The van der Waals surface area contributed by atoms with Crippen molar-refractivity contribution >= 4 is 0 Å². The van der Waals surface area contributed by atoms with Crippen molar-refractivity contribution in [2.75, 3.05) is 19.6 Å². The Balaban J connectivity index is 2.11. The third-order valence-electron chi connectivity index (χ3n) is 3.85. The van der Waals surface area contributed by atoms with E-state index >= 15 is 0 Å². The van der Waals surface area contributed by atoms with Crippen molar-refractivity contribution < 1.29 is 4.39 Å². The Morgan fingerprint density at radius 3 is 2.89 bits per heavy atom. The van der Waals surface area contributed by atoms with Crippen LogP contribution in [0.3, 0.4) is 0 Å². The smallest absolute Gasteiger partial charge is 0.123 e. The van der Waals surface area contributed by atoms with Gasteiger partial charge in [-0.3, -0.25) is 4.90 Å². The van der Waals surface area contributed by atoms with Gasteiger partial charge in [0.2, 0.25) is 0 Å². The van der Waals surface area contributed by atoms with Gasteiger partial charge in [-0.15, -0.1) is 0 Å². The summed E-state index contributed by atoms with van der Waals surface area (Å²) in [5.74, 6) is 0.496. The fourth-order valence-corrected chi connectivity index (χ4v) is 2.68. The van der Waals surface area contributed by atoms with E-state index in [1.165, 1.54) is 5.56 Å². The van der Waals surface area contributed by atoms with E-state index in [4.69, 9.17) is 0 Å². The first-order valence-electron chi connectivity index (χ1n) is 6.77. The van der Waals surface area contributed by atoms with Gasteiger partial charge < -0.3 is 5.32 Å². The minimum Gasteiger partial charge on any atom is -0.314 e. The quantitative estimate of drug-likeness (QED) is 0.887. The topological polar surface area (TPSA) is 15.3 Å². The Morgan fingerprint density at radius 1 is 1.44 bits per heavy atom. The standard InChI is InChI=1S/C15H23FN2/c1-11(2)15-9-17-6-7-18(15)10-13-4-5-14(16)8-12(13)3/h4-5,8,11,15,17H,6-7,9-10H2,1-3H3. The van der Waals surface area contributed by atoms with Crippen molar-refractivity contribution in [3.05, 3.63) is 35.1 Å². The Morgan fingerprint density at radius 2 is 2.22 bits per heavy atom. The highest BCUT2D eigenvalue weighted by Gasteiger charge is 2.24. The first-order chi connectivity index (χ1) is 8.58. The van der Waals surface area contributed by atoms with Crippen LogP contribution in [0.4, 0.5) is 4.39 Å². The maximum absolute atomic E-state index is 13.1. The summed E-state index contributed by atoms with van der Waals surface area (Å²) < 4.78 is 13.1. The molecule has 18 heavy (non-hydrogen) atoms. The molecule has 0 saturated carbocycles. The van der Waals surface area contributed by atoms with Crippen LogP contribution in [0.15, 0.2) is 18.2 Å². The molecule has 0 spiro atoms. The summed E-state index contributed by atoms with van der Waals surface area (Å²) in [4.78, 5) is 2.52. The first kappa shape index (κ1) is 13.5. The van der Waals surface area contributed by atoms with Crippen LogP contribution in [-0.2, 0) is 6.54 Å². The van der Waals surface area contributed by atoms with Crippen molar-refractivity contribution in [1.82, 2.24) is 10.2 Å². The number of hydrogen-bond acceptors (Lipinski definition) is 2. The zero-order valence-corrected chi connectivity index (χ0v) is 11.5. The van der Waals surface area contributed by atoms with Crippen molar-refractivity contribution in [2.24, 2.45) is 5.92 Å². The molecule has 0 amide bonds. The number of hydrogen-bond donors (Lipinski definition) is 1. The van der Waals surface area contributed by atoms with Crippen LogP contribution >= 0.6 is 0 Å². The molecule has 1 aromatic rings. The normalized spacial score (nSPS) is 21.5. The largest absolute Gasteiger partial charge is 0.314 e. The van der Waals surface area contributed by atoms with Gasteiger partial charge in [0.15, 0.2) is 0 Å². The van der Waals surface area contributed by atoms with Gasteiger partial charge in [0.25, 0.3) is 0 Å². The minimum absolute atomic E-state index is 0.142. The molecule has 0 radical (unpaired) electrons. The molecular weight excluding hydrogens is 227 g/mol. The highest BCUT2D eigenvalue weighted by molar-refractivity contribution is 5.26. The average Bonchev–Trinajstić information content (AvgIpc) is 2.33. The number of piperazine rings is 1. The van der Waals surface area contributed by atoms with Crippen LogP contribution in [-0.4, -0.2) is 30.6 Å². The predicted molar refractivity (Wildman–Crippen MR) is 73.0 cm³/mol. The SMILES string of the molecule is Cc1cc(F)ccc1CN1CCNCC1C(C)C. The van der Waals surface area contributed by atoms with Crippen molar-refractivity contribution in [2.45, 2.75) is 33.4 Å². The first-order valence-corrected chi connectivity index (χ1v) is 6.77. The predicted octanol–water partition coefficient (Wildman–Crippen LogP) is 2.56. The fraction of sp³-hybridized carbons (Fsp3) is 0.600. The lowest BCUT2D eigenvalue weighted by molar-refractivity contribution is 0.117. The minimum atomic E-state index is -0.142. The van der Waals surface area contributed by atoms with E-state index < -0.39 is 0 Å². The van der Waals surface area contributed by atoms with E-state index in [0.717, 1.165) is 31.7 Å². The Bertz CT molecular complexity index is 403. The van der Waals surface area contributed by atoms with Crippen molar-refractivity contribution in [3.8, 4) is 0 Å². The Kier molecular flexibility index (Phi) is 4.36. The zero-order chi connectivity index (χ0) is 13.1. The van der Waals surface area contributed by atoms with Gasteiger partial charge in [-0.2, -0.15) is 0 Å². The number of benzene rings is 1. The van der Waals surface area contributed by atoms with Gasteiger partial charge in [-0.25, -0.2) is 4.39 Å². The molecule has 2 nitrogen and oxygen atoms in total. The molecule has 1 heterocycles. The molecule has 1 aliphatic heterocycles. The van der Waals surface area contributed by atoms with Crippen LogP contribution in [0.1, 0.15) is 25.0 Å². The second-order valence-electron chi connectivity index (χ2n) is 5.56. The lowest BCUT2D eigenvalue weighted by atomic mass is 9.99. The molecule has 1 fully saturated rings. The number of rotatable bonds is 3. The molecule has 1 aliphatic rings. The van der Waals surface area contributed by atoms with E-state index in [9.17, 15) is 4.39 Å². The maximum Gasteiger partial charge on any atom is 0.123 e. The number of aryl methyl sites for hydroxylation is 1. The molecule has 0 bridgehead atoms. The van der Waals surface area contributed by atoms with Gasteiger partial charge in [-0.05, 0) is 36.1 Å². The summed E-state index contributed by atoms with van der Waals surface area (Å²) >= 11 is 0. The summed E-state index contributed by atoms with van der Waals surface area (Å²) in [6, 6.07) is 5.68. The zero-order valence-electron chi connectivity index (χ0n) is 11.5. The third-order valence-corrected chi connectivity index (χ3v) is 3.85. The molecule has 1 atom stereocenters. The van der Waals surface area contributed by atoms with Crippen LogP contribution in [0, 0.1) is 18.7 Å². The van der Waals surface area contributed by atoms with Crippen molar-refractivity contribution in [3.63, 3.8) is 0 Å². The van der Waals surface area contributed by atoms with E-state index in [0.29, 0.717) is 12.0 Å². The van der Waals surface area contributed by atoms with Gasteiger partial charge in [0.05, 0.1) is 0 Å². The van der Waals surface area contributed by atoms with E-state index in [1.807, 2.05) is 13.0 Å². The molecular formula is C15H23FN2. The molecule has 0 aliphatic carbocycles. The molecule has 1 unspecified atom stereocenters. The Labute approximate surface area is 109 Å². The summed E-state index contributed by atoms with van der Waals surface area (Å²) in [6.45, 7) is 10.6. The van der Waals surface area contributed by atoms with Gasteiger partial charge >= 0.3 is 0 Å². The summed E-state index contributed by atoms with van der Waals surface area (Å²) in [5, 5.41) is 3.45. The molecule has 1 aromatic carbocycles. The molecule has 1 N–H and O–H groups in total. The second-order valence-corrected chi connectivity index (χ2v) is 5.56. The summed E-state index contributed by atoms with van der Waals surface area (Å²) in [7, 11) is 0. The van der Waals surface area contributed by atoms with Gasteiger partial charge in [-0.1, -0.05) is 19.9 Å². The third kappa shape index (κ3) is 3.09. The summed E-state index contributed by atoms with van der Waals surface area (Å²) in [6.07, 6.45) is 0. The Hall–Kier alpha value is -0.930. The lowest BCUT2D eigenvalue weighted by Gasteiger charge is -2.39. The van der Waals surface area contributed by atoms with Crippen LogP contribution in [0.25, 0.3) is 0 Å². The van der Waals surface area contributed by atoms with E-state index in [1.54, 1.807) is 12.1 Å². The lowest BCUT2D eigenvalue weighted by Crippen LogP contribution is -2.53. The monoisotopic (exact) mass is 250 g/mol. The average molecular weight is 250 g/mol. The number of halogens is 1. The highest BCUT2D eigenvalue weighted by atomic mass is 19.1. The van der Waals surface area contributed by atoms with Crippen LogP contribution in [0.2, 0.25) is 0 Å². The van der Waals surface area contributed by atoms with Crippen LogP contribution < -0.4 is 5.32 Å². The molecule has 100 valence electrons. The molecule has 2 rings (SSSR count). The van der Waals surface area contributed by atoms with E-state index in [2.05, 4.69) is 24.1 Å². The van der Waals surface area contributed by atoms with Gasteiger partial charge in [0, 0.05) is 32.2 Å². The summed E-state index contributed by atoms with van der Waals surface area (Å²) in [5.41, 5.74) is 2.29. The molecule has 1 saturated heterocycles. The fourth-order valence-electron chi connectivity index (χ4n) is 2.68. The van der Waals surface area contributed by atoms with E-state index in [-0.39, 0.29) is 5.82 Å². The number of nitrogens with one attached hydrogen (secondary N) is 1. The van der Waals surface area contributed by atoms with Gasteiger partial charge in [0.1, 0.15) is 5.82 Å². The number of nitrogens with zero attached hydrogens (tertiary/aromatic N) is 1. The maximum atomic E-state index is 13.1. The van der Waals surface area contributed by atoms with Crippen LogP contribution in [0.5, 0.6) is 0 Å². The molecule has 3 heteroatoms.